The second kappa shape index (κ2) is 6.72. The molecule has 0 saturated carbocycles. The number of carbonyl (C=O) groups is 3. The van der Waals surface area contributed by atoms with Gasteiger partial charge in [0.15, 0.2) is 0 Å². The number of aliphatic carboxylic acids is 1. The molecule has 3 amide bonds. The normalized spacial score (nSPS) is 11.5. The van der Waals surface area contributed by atoms with Gasteiger partial charge >= 0.3 is 12.0 Å². The molecule has 0 aliphatic rings. The molecule has 17 heavy (non-hydrogen) atoms. The van der Waals surface area contributed by atoms with E-state index in [2.05, 4.69) is 5.32 Å². The van der Waals surface area contributed by atoms with Crippen LogP contribution >= 0.6 is 0 Å². The minimum Gasteiger partial charge on any atom is -0.480 e. The van der Waals surface area contributed by atoms with E-state index in [0.29, 0.717) is 0 Å². The van der Waals surface area contributed by atoms with Gasteiger partial charge in [0.25, 0.3) is 0 Å². The molecular formula is C10H19N3O4. The van der Waals surface area contributed by atoms with Crippen molar-refractivity contribution in [3.8, 4) is 0 Å². The van der Waals surface area contributed by atoms with Crippen molar-refractivity contribution >= 4 is 17.9 Å². The van der Waals surface area contributed by atoms with Crippen molar-refractivity contribution in [3.63, 3.8) is 0 Å². The molecule has 0 aliphatic heterocycles. The van der Waals surface area contributed by atoms with Gasteiger partial charge in [-0.15, -0.1) is 0 Å². The minimum atomic E-state index is -1.08. The van der Waals surface area contributed by atoms with E-state index in [1.165, 1.54) is 18.9 Å². The Balaban J connectivity index is 4.03. The lowest BCUT2D eigenvalue weighted by atomic mass is 10.3. The highest BCUT2D eigenvalue weighted by Gasteiger charge is 2.21. The van der Waals surface area contributed by atoms with E-state index in [9.17, 15) is 14.4 Å². The van der Waals surface area contributed by atoms with Crippen LogP contribution in [-0.4, -0.2) is 66.5 Å². The third-order valence-electron chi connectivity index (χ3n) is 2.37. The number of urea groups is 1. The van der Waals surface area contributed by atoms with Gasteiger partial charge in [-0.25, -0.2) is 9.59 Å². The minimum absolute atomic E-state index is 0.0979. The Morgan fingerprint density at radius 3 is 2.18 bits per heavy atom. The number of rotatable bonds is 5. The molecule has 7 nitrogen and oxygen atoms in total. The first-order valence-corrected chi connectivity index (χ1v) is 5.21. The van der Waals surface area contributed by atoms with Crippen LogP contribution in [0.4, 0.5) is 4.79 Å². The van der Waals surface area contributed by atoms with Gasteiger partial charge < -0.3 is 20.2 Å². The Bertz CT molecular complexity index is 304. The summed E-state index contributed by atoms with van der Waals surface area (Å²) in [7, 11) is 4.65. The Hall–Kier alpha value is -1.79. The fraction of sp³-hybridized carbons (Fsp3) is 0.700. The zero-order valence-corrected chi connectivity index (χ0v) is 10.6. The fourth-order valence-corrected chi connectivity index (χ4v) is 0.966. The second-order valence-corrected chi connectivity index (χ2v) is 3.90. The van der Waals surface area contributed by atoms with Crippen molar-refractivity contribution in [1.82, 2.24) is 15.1 Å². The molecule has 0 saturated heterocycles. The van der Waals surface area contributed by atoms with Crippen LogP contribution in [0.5, 0.6) is 0 Å². The molecule has 0 heterocycles. The second-order valence-electron chi connectivity index (χ2n) is 3.90. The first kappa shape index (κ1) is 15.2. The van der Waals surface area contributed by atoms with Crippen molar-refractivity contribution < 1.29 is 19.5 Å². The zero-order valence-electron chi connectivity index (χ0n) is 10.6. The number of carboxylic acid groups (broad SMARTS) is 1. The molecule has 0 bridgehead atoms. The van der Waals surface area contributed by atoms with Crippen LogP contribution in [0.15, 0.2) is 0 Å². The Morgan fingerprint density at radius 2 is 1.76 bits per heavy atom. The number of nitrogens with one attached hydrogen (secondary N) is 1. The molecule has 0 radical (unpaired) electrons. The van der Waals surface area contributed by atoms with Crippen LogP contribution in [0.3, 0.4) is 0 Å². The lowest BCUT2D eigenvalue weighted by Crippen LogP contribution is -2.46. The first-order valence-electron chi connectivity index (χ1n) is 5.21. The molecule has 1 atom stereocenters. The zero-order chi connectivity index (χ0) is 13.6. The summed E-state index contributed by atoms with van der Waals surface area (Å²) in [5.74, 6) is -1.17. The van der Waals surface area contributed by atoms with E-state index < -0.39 is 18.0 Å². The molecule has 0 aromatic heterocycles. The van der Waals surface area contributed by atoms with E-state index in [1.54, 1.807) is 14.1 Å². The standard InChI is InChI=1S/C10H19N3O4/c1-7(9(15)16)13(4)10(17)11-6-5-8(14)12(2)3/h7H,5-6H2,1-4H3,(H,11,17)(H,15,16). The average Bonchev–Trinajstić information content (AvgIpc) is 2.26. The van der Waals surface area contributed by atoms with Gasteiger partial charge in [-0.1, -0.05) is 0 Å². The highest BCUT2D eigenvalue weighted by atomic mass is 16.4. The van der Waals surface area contributed by atoms with Crippen LogP contribution < -0.4 is 5.32 Å². The SMILES string of the molecule is CC(C(=O)O)N(C)C(=O)NCCC(=O)N(C)C. The number of carboxylic acids is 1. The summed E-state index contributed by atoms with van der Waals surface area (Å²) in [4.78, 5) is 35.8. The number of hydrogen-bond acceptors (Lipinski definition) is 3. The largest absolute Gasteiger partial charge is 0.480 e. The molecule has 1 unspecified atom stereocenters. The van der Waals surface area contributed by atoms with Crippen molar-refractivity contribution in [2.24, 2.45) is 0 Å². The molecule has 2 N–H and O–H groups in total. The van der Waals surface area contributed by atoms with E-state index in [1.807, 2.05) is 0 Å². The summed E-state index contributed by atoms with van der Waals surface area (Å²) in [5, 5.41) is 11.2. The maximum absolute atomic E-state index is 11.5. The van der Waals surface area contributed by atoms with Crippen LogP contribution in [0.1, 0.15) is 13.3 Å². The van der Waals surface area contributed by atoms with Crippen LogP contribution in [0.2, 0.25) is 0 Å². The third kappa shape index (κ3) is 5.19. The van der Waals surface area contributed by atoms with Crippen LogP contribution in [-0.2, 0) is 9.59 Å². The number of likely N-dealkylation sites (N-methyl/N-ethyl adjacent to an activating group) is 1. The van der Waals surface area contributed by atoms with Gasteiger partial charge in [-0.05, 0) is 6.92 Å². The van der Waals surface area contributed by atoms with E-state index in [0.717, 1.165) is 4.90 Å². The summed E-state index contributed by atoms with van der Waals surface area (Å²) in [6, 6.07) is -1.41. The molecule has 0 aromatic rings. The molecule has 0 rings (SSSR count). The molecule has 0 spiro atoms. The average molecular weight is 245 g/mol. The summed E-state index contributed by atoms with van der Waals surface area (Å²) in [6.45, 7) is 1.60. The van der Waals surface area contributed by atoms with Gasteiger partial charge in [0.1, 0.15) is 6.04 Å². The number of hydrogen-bond donors (Lipinski definition) is 2. The van der Waals surface area contributed by atoms with Gasteiger partial charge in [-0.2, -0.15) is 0 Å². The van der Waals surface area contributed by atoms with Gasteiger partial charge in [0.05, 0.1) is 0 Å². The molecule has 98 valence electrons. The summed E-state index contributed by atoms with van der Waals surface area (Å²) < 4.78 is 0. The predicted molar refractivity (Wildman–Crippen MR) is 61.6 cm³/mol. The Morgan fingerprint density at radius 1 is 1.24 bits per heavy atom. The maximum atomic E-state index is 11.5. The molecule has 0 aromatic carbocycles. The number of carbonyl (C=O) groups excluding carboxylic acids is 2. The van der Waals surface area contributed by atoms with Gasteiger partial charge in [-0.3, -0.25) is 4.79 Å². The van der Waals surface area contributed by atoms with Gasteiger partial charge in [0.2, 0.25) is 5.91 Å². The van der Waals surface area contributed by atoms with E-state index in [4.69, 9.17) is 5.11 Å². The van der Waals surface area contributed by atoms with Crippen LogP contribution in [0.25, 0.3) is 0 Å². The topological polar surface area (TPSA) is 90.0 Å². The Kier molecular flexibility index (Phi) is 6.01. The highest BCUT2D eigenvalue weighted by molar-refractivity contribution is 5.82. The fourth-order valence-electron chi connectivity index (χ4n) is 0.966. The summed E-state index contributed by atoms with van der Waals surface area (Å²) in [6.07, 6.45) is 0.189. The molecule has 0 fully saturated rings. The van der Waals surface area contributed by atoms with Crippen LogP contribution in [0, 0.1) is 0 Å². The highest BCUT2D eigenvalue weighted by Crippen LogP contribution is 1.96. The summed E-state index contributed by atoms with van der Waals surface area (Å²) in [5.41, 5.74) is 0. The van der Waals surface area contributed by atoms with E-state index in [-0.39, 0.29) is 18.9 Å². The molecular weight excluding hydrogens is 226 g/mol. The quantitative estimate of drug-likeness (QED) is 0.688. The molecule has 0 aliphatic carbocycles. The Labute approximate surface area is 100 Å². The number of nitrogens with zero attached hydrogens (tertiary/aromatic N) is 2. The van der Waals surface area contributed by atoms with Crippen molar-refractivity contribution in [1.29, 1.82) is 0 Å². The lowest BCUT2D eigenvalue weighted by molar-refractivity contribution is -0.141. The smallest absolute Gasteiger partial charge is 0.326 e. The van der Waals surface area contributed by atoms with Crippen molar-refractivity contribution in [3.05, 3.63) is 0 Å². The third-order valence-corrected chi connectivity index (χ3v) is 2.37. The lowest BCUT2D eigenvalue weighted by Gasteiger charge is -2.21. The predicted octanol–water partition coefficient (Wildman–Crippen LogP) is -0.421. The monoisotopic (exact) mass is 245 g/mol. The van der Waals surface area contributed by atoms with Crippen molar-refractivity contribution in [2.75, 3.05) is 27.7 Å². The number of amides is 3. The molecule has 7 heteroatoms. The van der Waals surface area contributed by atoms with E-state index >= 15 is 0 Å². The maximum Gasteiger partial charge on any atom is 0.326 e. The first-order chi connectivity index (χ1) is 7.77. The summed E-state index contributed by atoms with van der Waals surface area (Å²) >= 11 is 0. The van der Waals surface area contributed by atoms with Crippen molar-refractivity contribution in [2.45, 2.75) is 19.4 Å². The van der Waals surface area contributed by atoms with Gasteiger partial charge in [0, 0.05) is 34.1 Å².